The second-order valence-corrected chi connectivity index (χ2v) is 14.1. The zero-order chi connectivity index (χ0) is 25.6. The molecule has 0 aromatic heterocycles. The third-order valence-electron chi connectivity index (χ3n) is 6.37. The van der Waals surface area contributed by atoms with Crippen molar-refractivity contribution in [3.63, 3.8) is 0 Å². The molecule has 0 spiro atoms. The number of methoxy groups -OCH3 is 1. The monoisotopic (exact) mass is 494 g/mol. The molecule has 0 radical (unpaired) electrons. The Hall–Kier alpha value is -3.76. The molecule has 0 aliphatic heterocycles. The van der Waals surface area contributed by atoms with Gasteiger partial charge in [-0.05, 0) is 57.7 Å². The predicted molar refractivity (Wildman–Crippen MR) is 152 cm³/mol. The smallest absolute Gasteiger partial charge is 0.319 e. The molecule has 0 amide bonds. The lowest BCUT2D eigenvalue weighted by atomic mass is 10.2. The lowest BCUT2D eigenvalue weighted by Crippen LogP contribution is -2.68. The fourth-order valence-electron chi connectivity index (χ4n) is 4.57. The van der Waals surface area contributed by atoms with Gasteiger partial charge in [0.1, 0.15) is 17.2 Å². The molecule has 0 atom stereocenters. The van der Waals surface area contributed by atoms with E-state index in [2.05, 4.69) is 87.5 Å². The van der Waals surface area contributed by atoms with Gasteiger partial charge in [-0.1, -0.05) is 99.6 Å². The molecule has 0 fully saturated rings. The highest BCUT2D eigenvalue weighted by Gasteiger charge is 2.52. The molecule has 3 nitrogen and oxygen atoms in total. The van der Waals surface area contributed by atoms with Gasteiger partial charge in [-0.2, -0.15) is 0 Å². The summed E-state index contributed by atoms with van der Waals surface area (Å²) in [6.07, 6.45) is 3.65. The maximum atomic E-state index is 7.19. The van der Waals surface area contributed by atoms with Gasteiger partial charge < -0.3 is 13.9 Å². The van der Waals surface area contributed by atoms with Crippen LogP contribution in [0.5, 0.6) is 17.2 Å². The Balaban J connectivity index is 1.77. The lowest BCUT2D eigenvalue weighted by molar-refractivity contribution is 0.411. The topological polar surface area (TPSA) is 27.7 Å². The molecule has 4 heteroatoms. The Morgan fingerprint density at radius 2 is 1.25 bits per heavy atom. The standard InChI is InChI=1S/C32H34O3Si/c1-25-14-12-13-19-31(25)34-21-20-26-22-27(33-5)24-28(23-26)35-36(32(2,3)4,29-15-8-6-9-16-29)30-17-10-7-11-18-30/h6-24H,1-5H3/b21-20+. The predicted octanol–water partition coefficient (Wildman–Crippen LogP) is 6.99. The minimum Gasteiger partial charge on any atom is -0.534 e. The van der Waals surface area contributed by atoms with Crippen molar-refractivity contribution >= 4 is 24.8 Å². The van der Waals surface area contributed by atoms with E-state index in [1.807, 2.05) is 49.4 Å². The van der Waals surface area contributed by atoms with Crippen LogP contribution in [0.2, 0.25) is 5.04 Å². The summed E-state index contributed by atoms with van der Waals surface area (Å²) in [6.45, 7) is 8.85. The van der Waals surface area contributed by atoms with E-state index in [0.717, 1.165) is 28.4 Å². The lowest BCUT2D eigenvalue weighted by Gasteiger charge is -2.43. The summed E-state index contributed by atoms with van der Waals surface area (Å²) in [7, 11) is -1.07. The zero-order valence-electron chi connectivity index (χ0n) is 21.7. The maximum absolute atomic E-state index is 7.19. The van der Waals surface area contributed by atoms with Crippen LogP contribution in [0.15, 0.2) is 109 Å². The fraction of sp³-hybridized carbons (Fsp3) is 0.188. The molecule has 0 aliphatic carbocycles. The largest absolute Gasteiger partial charge is 0.534 e. The highest BCUT2D eigenvalue weighted by Crippen LogP contribution is 2.38. The van der Waals surface area contributed by atoms with E-state index in [-0.39, 0.29) is 5.04 Å². The summed E-state index contributed by atoms with van der Waals surface area (Å²) in [5, 5.41) is 2.32. The van der Waals surface area contributed by atoms with Gasteiger partial charge in [-0.3, -0.25) is 0 Å². The molecule has 4 aromatic rings. The van der Waals surface area contributed by atoms with Gasteiger partial charge in [-0.15, -0.1) is 0 Å². The van der Waals surface area contributed by atoms with Crippen LogP contribution in [0.25, 0.3) is 6.08 Å². The first-order valence-corrected chi connectivity index (χ1v) is 14.1. The highest BCUT2D eigenvalue weighted by molar-refractivity contribution is 7.00. The van der Waals surface area contributed by atoms with Crippen molar-refractivity contribution in [1.82, 2.24) is 0 Å². The Morgan fingerprint density at radius 3 is 1.81 bits per heavy atom. The molecule has 0 N–H and O–H groups in total. The van der Waals surface area contributed by atoms with E-state index in [9.17, 15) is 0 Å². The summed E-state index contributed by atoms with van der Waals surface area (Å²) >= 11 is 0. The Morgan fingerprint density at radius 1 is 0.694 bits per heavy atom. The Bertz CT molecular complexity index is 1270. The Kier molecular flexibility index (Phi) is 7.66. The van der Waals surface area contributed by atoms with Crippen molar-refractivity contribution in [3.8, 4) is 17.2 Å². The Labute approximate surface area is 216 Å². The minimum absolute atomic E-state index is 0.136. The van der Waals surface area contributed by atoms with Crippen LogP contribution in [-0.4, -0.2) is 15.4 Å². The number of para-hydroxylation sites is 1. The van der Waals surface area contributed by atoms with Crippen molar-refractivity contribution in [3.05, 3.63) is 121 Å². The fourth-order valence-corrected chi connectivity index (χ4v) is 8.97. The average Bonchev–Trinajstić information content (AvgIpc) is 2.88. The number of aryl methyl sites for hydroxylation is 1. The van der Waals surface area contributed by atoms with Crippen LogP contribution in [0.3, 0.4) is 0 Å². The van der Waals surface area contributed by atoms with Gasteiger partial charge in [0.05, 0.1) is 13.4 Å². The average molecular weight is 495 g/mol. The third kappa shape index (κ3) is 5.39. The molecule has 4 aromatic carbocycles. The van der Waals surface area contributed by atoms with Crippen molar-refractivity contribution < 1.29 is 13.9 Å². The van der Waals surface area contributed by atoms with Gasteiger partial charge >= 0.3 is 8.32 Å². The summed E-state index contributed by atoms with van der Waals surface area (Å²) in [4.78, 5) is 0. The van der Waals surface area contributed by atoms with E-state index in [1.54, 1.807) is 13.4 Å². The molecule has 184 valence electrons. The van der Waals surface area contributed by atoms with Gasteiger partial charge in [0.15, 0.2) is 0 Å². The molecule has 0 bridgehead atoms. The third-order valence-corrected chi connectivity index (χ3v) is 11.3. The summed E-state index contributed by atoms with van der Waals surface area (Å²) in [6, 6.07) is 35.2. The van der Waals surface area contributed by atoms with Crippen molar-refractivity contribution in [2.45, 2.75) is 32.7 Å². The first kappa shape index (κ1) is 25.3. The van der Waals surface area contributed by atoms with Gasteiger partial charge in [0, 0.05) is 6.07 Å². The molecule has 0 saturated heterocycles. The normalized spacial score (nSPS) is 11.9. The van der Waals surface area contributed by atoms with Crippen LogP contribution in [-0.2, 0) is 0 Å². The number of hydrogen-bond donors (Lipinski definition) is 0. The van der Waals surface area contributed by atoms with E-state index >= 15 is 0 Å². The molecule has 0 heterocycles. The molecule has 0 unspecified atom stereocenters. The van der Waals surface area contributed by atoms with Crippen molar-refractivity contribution in [2.24, 2.45) is 0 Å². The quantitative estimate of drug-likeness (QED) is 0.195. The van der Waals surface area contributed by atoms with E-state index in [1.165, 1.54) is 10.4 Å². The van der Waals surface area contributed by atoms with Crippen LogP contribution in [0, 0.1) is 6.92 Å². The highest BCUT2D eigenvalue weighted by atomic mass is 28.4. The molecular formula is C32H34O3Si. The minimum atomic E-state index is -2.75. The van der Waals surface area contributed by atoms with Gasteiger partial charge in [0.2, 0.25) is 0 Å². The van der Waals surface area contributed by atoms with Gasteiger partial charge in [-0.25, -0.2) is 0 Å². The van der Waals surface area contributed by atoms with Crippen molar-refractivity contribution in [2.75, 3.05) is 7.11 Å². The van der Waals surface area contributed by atoms with Crippen LogP contribution in [0.4, 0.5) is 0 Å². The van der Waals surface area contributed by atoms with E-state index in [0.29, 0.717) is 0 Å². The number of rotatable bonds is 8. The van der Waals surface area contributed by atoms with Crippen LogP contribution < -0.4 is 24.3 Å². The van der Waals surface area contributed by atoms with Crippen LogP contribution >= 0.6 is 0 Å². The van der Waals surface area contributed by atoms with Gasteiger partial charge in [0.25, 0.3) is 0 Å². The summed E-state index contributed by atoms with van der Waals surface area (Å²) in [5.41, 5.74) is 2.03. The second-order valence-electron chi connectivity index (χ2n) is 9.89. The molecule has 4 rings (SSSR count). The first-order chi connectivity index (χ1) is 17.3. The van der Waals surface area contributed by atoms with E-state index < -0.39 is 8.32 Å². The van der Waals surface area contributed by atoms with E-state index in [4.69, 9.17) is 13.9 Å². The number of ether oxygens (including phenoxy) is 2. The molecule has 36 heavy (non-hydrogen) atoms. The summed E-state index contributed by atoms with van der Waals surface area (Å²) < 4.78 is 18.7. The molecular weight excluding hydrogens is 460 g/mol. The SMILES string of the molecule is COc1cc(/C=C/Oc2ccccc2C)cc(O[Si](c2ccccc2)(c2ccccc2)C(C)(C)C)c1. The number of benzene rings is 4. The number of hydrogen-bond acceptors (Lipinski definition) is 3. The van der Waals surface area contributed by atoms with Crippen LogP contribution in [0.1, 0.15) is 31.9 Å². The maximum Gasteiger partial charge on any atom is 0.319 e. The first-order valence-electron chi connectivity index (χ1n) is 12.2. The van der Waals surface area contributed by atoms with Crippen molar-refractivity contribution in [1.29, 1.82) is 0 Å². The second kappa shape index (κ2) is 10.9. The molecule has 0 saturated carbocycles. The zero-order valence-corrected chi connectivity index (χ0v) is 22.7. The molecule has 0 aliphatic rings. The summed E-state index contributed by atoms with van der Waals surface area (Å²) in [5.74, 6) is 2.35.